The van der Waals surface area contributed by atoms with Gasteiger partial charge in [0.15, 0.2) is 0 Å². The number of benzene rings is 1. The molecule has 0 aliphatic carbocycles. The minimum atomic E-state index is -0.263. The van der Waals surface area contributed by atoms with Crippen molar-refractivity contribution in [2.24, 2.45) is 0 Å². The quantitative estimate of drug-likeness (QED) is 0.735. The number of carbonyl (C=O) groups is 1. The molecule has 0 saturated carbocycles. The van der Waals surface area contributed by atoms with Crippen LogP contribution in [0, 0.1) is 0 Å². The third-order valence-corrected chi connectivity index (χ3v) is 1.81. The van der Waals surface area contributed by atoms with Gasteiger partial charge in [0.1, 0.15) is 6.26 Å². The molecule has 1 aromatic carbocycles. The topological polar surface area (TPSA) is 41.6 Å². The van der Waals surface area contributed by atoms with Crippen molar-refractivity contribution in [3.8, 4) is 0 Å². The SMILES string of the molecule is O=C(Nc1ccccc1)N1CC=CO1. The van der Waals surface area contributed by atoms with Crippen LogP contribution in [0.25, 0.3) is 0 Å². The first-order valence-corrected chi connectivity index (χ1v) is 4.31. The number of nitrogens with zero attached hydrogens (tertiary/aromatic N) is 1. The summed E-state index contributed by atoms with van der Waals surface area (Å²) in [4.78, 5) is 16.4. The summed E-state index contributed by atoms with van der Waals surface area (Å²) in [5, 5.41) is 3.95. The summed E-state index contributed by atoms with van der Waals surface area (Å²) in [7, 11) is 0. The minimum absolute atomic E-state index is 0.263. The lowest BCUT2D eigenvalue weighted by atomic mass is 10.3. The maximum atomic E-state index is 11.5. The number of amides is 2. The molecule has 0 unspecified atom stereocenters. The van der Waals surface area contributed by atoms with E-state index in [2.05, 4.69) is 5.32 Å². The molecule has 0 bridgehead atoms. The molecule has 0 radical (unpaired) electrons. The van der Waals surface area contributed by atoms with Gasteiger partial charge in [0.05, 0.1) is 6.54 Å². The zero-order valence-corrected chi connectivity index (χ0v) is 7.51. The molecule has 14 heavy (non-hydrogen) atoms. The number of urea groups is 1. The Morgan fingerprint density at radius 1 is 1.36 bits per heavy atom. The van der Waals surface area contributed by atoms with Crippen molar-refractivity contribution in [2.75, 3.05) is 11.9 Å². The van der Waals surface area contributed by atoms with Crippen molar-refractivity contribution in [2.45, 2.75) is 0 Å². The molecule has 2 amide bonds. The van der Waals surface area contributed by atoms with E-state index in [0.29, 0.717) is 6.54 Å². The molecule has 2 rings (SSSR count). The minimum Gasteiger partial charge on any atom is -0.383 e. The fraction of sp³-hybridized carbons (Fsp3) is 0.100. The van der Waals surface area contributed by atoms with Crippen molar-refractivity contribution in [3.05, 3.63) is 42.7 Å². The predicted octanol–water partition coefficient (Wildman–Crippen LogP) is 1.98. The fourth-order valence-electron chi connectivity index (χ4n) is 1.14. The lowest BCUT2D eigenvalue weighted by Gasteiger charge is -2.14. The molecule has 0 fully saturated rings. The van der Waals surface area contributed by atoms with Crippen LogP contribution in [-0.2, 0) is 4.84 Å². The monoisotopic (exact) mass is 190 g/mol. The first kappa shape index (κ1) is 8.62. The fourth-order valence-corrected chi connectivity index (χ4v) is 1.14. The van der Waals surface area contributed by atoms with Crippen LogP contribution in [0.4, 0.5) is 10.5 Å². The Hall–Kier alpha value is -1.97. The van der Waals surface area contributed by atoms with E-state index in [1.165, 1.54) is 11.3 Å². The number of hydrogen-bond acceptors (Lipinski definition) is 2. The molecule has 1 aromatic rings. The van der Waals surface area contributed by atoms with Gasteiger partial charge in [0, 0.05) is 5.69 Å². The Kier molecular flexibility index (Phi) is 2.36. The third-order valence-electron chi connectivity index (χ3n) is 1.81. The van der Waals surface area contributed by atoms with E-state index in [4.69, 9.17) is 4.84 Å². The maximum Gasteiger partial charge on any atom is 0.355 e. The van der Waals surface area contributed by atoms with Crippen molar-refractivity contribution in [1.29, 1.82) is 0 Å². The zero-order chi connectivity index (χ0) is 9.80. The zero-order valence-electron chi connectivity index (χ0n) is 7.51. The van der Waals surface area contributed by atoms with E-state index >= 15 is 0 Å². The van der Waals surface area contributed by atoms with Gasteiger partial charge >= 0.3 is 6.03 Å². The molecule has 1 N–H and O–H groups in total. The van der Waals surface area contributed by atoms with E-state index in [-0.39, 0.29) is 6.03 Å². The van der Waals surface area contributed by atoms with E-state index in [0.717, 1.165) is 5.69 Å². The number of hydrogen-bond donors (Lipinski definition) is 1. The van der Waals surface area contributed by atoms with Gasteiger partial charge < -0.3 is 10.2 Å². The number of carbonyl (C=O) groups excluding carboxylic acids is 1. The second-order valence-corrected chi connectivity index (χ2v) is 2.83. The first-order chi connectivity index (χ1) is 6.86. The van der Waals surface area contributed by atoms with E-state index in [1.54, 1.807) is 6.08 Å². The van der Waals surface area contributed by atoms with Crippen molar-refractivity contribution in [3.63, 3.8) is 0 Å². The summed E-state index contributed by atoms with van der Waals surface area (Å²) < 4.78 is 0. The van der Waals surface area contributed by atoms with Crippen LogP contribution in [0.1, 0.15) is 0 Å². The van der Waals surface area contributed by atoms with E-state index in [9.17, 15) is 4.79 Å². The average molecular weight is 190 g/mol. The molecule has 72 valence electrons. The Morgan fingerprint density at radius 3 is 2.79 bits per heavy atom. The van der Waals surface area contributed by atoms with Crippen LogP contribution in [-0.4, -0.2) is 17.6 Å². The van der Waals surface area contributed by atoms with Crippen LogP contribution in [0.2, 0.25) is 0 Å². The van der Waals surface area contributed by atoms with Crippen LogP contribution in [0.15, 0.2) is 42.7 Å². The molecule has 0 saturated heterocycles. The van der Waals surface area contributed by atoms with Crippen molar-refractivity contribution >= 4 is 11.7 Å². The number of rotatable bonds is 1. The molecule has 0 aromatic heterocycles. The van der Waals surface area contributed by atoms with Crippen LogP contribution >= 0.6 is 0 Å². The highest BCUT2D eigenvalue weighted by Gasteiger charge is 2.15. The molecule has 4 heteroatoms. The van der Waals surface area contributed by atoms with Crippen molar-refractivity contribution in [1.82, 2.24) is 5.06 Å². The van der Waals surface area contributed by atoms with Gasteiger partial charge in [0.2, 0.25) is 0 Å². The van der Waals surface area contributed by atoms with Gasteiger partial charge in [0.25, 0.3) is 0 Å². The molecule has 0 atom stereocenters. The van der Waals surface area contributed by atoms with Gasteiger partial charge in [-0.15, -0.1) is 0 Å². The second-order valence-electron chi connectivity index (χ2n) is 2.83. The standard InChI is InChI=1S/C10H10N2O2/c13-10(12-7-4-8-14-12)11-9-5-2-1-3-6-9/h1-6,8H,7H2,(H,11,13). The summed E-state index contributed by atoms with van der Waals surface area (Å²) in [6.07, 6.45) is 3.26. The largest absolute Gasteiger partial charge is 0.383 e. The maximum absolute atomic E-state index is 11.5. The molecule has 1 aliphatic rings. The summed E-state index contributed by atoms with van der Waals surface area (Å²) in [5.41, 5.74) is 0.757. The molecule has 4 nitrogen and oxygen atoms in total. The van der Waals surface area contributed by atoms with Crippen LogP contribution in [0.3, 0.4) is 0 Å². The smallest absolute Gasteiger partial charge is 0.355 e. The summed E-state index contributed by atoms with van der Waals surface area (Å²) in [6, 6.07) is 8.99. The molecular weight excluding hydrogens is 180 g/mol. The summed E-state index contributed by atoms with van der Waals surface area (Å²) in [5.74, 6) is 0. The highest BCUT2D eigenvalue weighted by molar-refractivity contribution is 5.88. The van der Waals surface area contributed by atoms with E-state index in [1.807, 2.05) is 30.3 Å². The van der Waals surface area contributed by atoms with Crippen molar-refractivity contribution < 1.29 is 9.63 Å². The summed E-state index contributed by atoms with van der Waals surface area (Å²) in [6.45, 7) is 0.485. The van der Waals surface area contributed by atoms with Crippen LogP contribution in [0.5, 0.6) is 0 Å². The number of para-hydroxylation sites is 1. The molecule has 1 heterocycles. The lowest BCUT2D eigenvalue weighted by molar-refractivity contribution is -0.0238. The van der Waals surface area contributed by atoms with E-state index < -0.39 is 0 Å². The Bertz CT molecular complexity index is 340. The average Bonchev–Trinajstić information content (AvgIpc) is 2.72. The second kappa shape index (κ2) is 3.83. The molecular formula is C10H10N2O2. The lowest BCUT2D eigenvalue weighted by Crippen LogP contribution is -2.31. The van der Waals surface area contributed by atoms with Gasteiger partial charge in [-0.3, -0.25) is 0 Å². The van der Waals surface area contributed by atoms with Crippen LogP contribution < -0.4 is 5.32 Å². The number of hydroxylamine groups is 2. The van der Waals surface area contributed by atoms with Gasteiger partial charge in [-0.25, -0.2) is 4.79 Å². The number of nitrogens with one attached hydrogen (secondary N) is 1. The Labute approximate surface area is 81.7 Å². The van der Waals surface area contributed by atoms with Gasteiger partial charge in [-0.1, -0.05) is 18.2 Å². The van der Waals surface area contributed by atoms with Gasteiger partial charge in [-0.05, 0) is 18.2 Å². The Morgan fingerprint density at radius 2 is 2.14 bits per heavy atom. The summed E-state index contributed by atoms with van der Waals surface area (Å²) >= 11 is 0. The number of anilines is 1. The highest BCUT2D eigenvalue weighted by Crippen LogP contribution is 2.08. The first-order valence-electron chi connectivity index (χ1n) is 4.31. The molecule has 1 aliphatic heterocycles. The Balaban J connectivity index is 1.95. The predicted molar refractivity (Wildman–Crippen MR) is 52.4 cm³/mol. The van der Waals surface area contributed by atoms with Gasteiger partial charge in [-0.2, -0.15) is 5.06 Å². The normalized spacial score (nSPS) is 13.9. The molecule has 0 spiro atoms. The highest BCUT2D eigenvalue weighted by atomic mass is 16.7. The third kappa shape index (κ3) is 1.85.